The van der Waals surface area contributed by atoms with Crippen molar-refractivity contribution < 1.29 is 14.3 Å². The topological polar surface area (TPSA) is 43.4 Å². The minimum atomic E-state index is 0.0224. The van der Waals surface area contributed by atoms with Crippen molar-refractivity contribution in [1.29, 1.82) is 0 Å². The van der Waals surface area contributed by atoms with Gasteiger partial charge in [0, 0.05) is 18.4 Å². The number of carbonyl (C=O) groups excluding carboxylic acids is 2. The molecule has 0 aromatic heterocycles. The van der Waals surface area contributed by atoms with Crippen molar-refractivity contribution in [2.24, 2.45) is 0 Å². The molecule has 1 aliphatic rings. The summed E-state index contributed by atoms with van der Waals surface area (Å²) in [6, 6.07) is 0. The molecule has 19 heavy (non-hydrogen) atoms. The molecular formula is C16H22O3. The molecule has 3 heteroatoms. The van der Waals surface area contributed by atoms with Crippen LogP contribution in [0.4, 0.5) is 0 Å². The van der Waals surface area contributed by atoms with E-state index in [1.165, 1.54) is 6.92 Å². The van der Waals surface area contributed by atoms with Gasteiger partial charge in [-0.15, -0.1) is 0 Å². The van der Waals surface area contributed by atoms with Crippen LogP contribution >= 0.6 is 0 Å². The minimum absolute atomic E-state index is 0.0224. The number of Topliss-reactive ketones (excluding diaryl/α,β-unsaturated/α-hetero) is 2. The minimum Gasteiger partial charge on any atom is -0.376 e. The molecule has 0 aromatic carbocycles. The fraction of sp³-hybridized carbons (Fsp3) is 0.500. The van der Waals surface area contributed by atoms with Gasteiger partial charge in [0.25, 0.3) is 0 Å². The van der Waals surface area contributed by atoms with Gasteiger partial charge in [-0.1, -0.05) is 19.6 Å². The Morgan fingerprint density at radius 3 is 2.58 bits per heavy atom. The van der Waals surface area contributed by atoms with Gasteiger partial charge in [0.2, 0.25) is 0 Å². The van der Waals surface area contributed by atoms with Gasteiger partial charge in [0.1, 0.15) is 5.78 Å². The zero-order valence-electron chi connectivity index (χ0n) is 12.0. The van der Waals surface area contributed by atoms with Crippen LogP contribution in [-0.4, -0.2) is 24.8 Å². The van der Waals surface area contributed by atoms with E-state index in [2.05, 4.69) is 6.58 Å². The number of hydrogen-bond donors (Lipinski definition) is 0. The highest BCUT2D eigenvalue weighted by Gasteiger charge is 2.21. The Morgan fingerprint density at radius 1 is 1.32 bits per heavy atom. The predicted octanol–water partition coefficient (Wildman–Crippen LogP) is 3.16. The average Bonchev–Trinajstić information content (AvgIpc) is 2.42. The van der Waals surface area contributed by atoms with E-state index in [-0.39, 0.29) is 11.6 Å². The Labute approximate surface area is 115 Å². The van der Waals surface area contributed by atoms with Crippen molar-refractivity contribution in [3.05, 3.63) is 34.9 Å². The Bertz CT molecular complexity index is 453. The van der Waals surface area contributed by atoms with Crippen LogP contribution in [0, 0.1) is 0 Å². The monoisotopic (exact) mass is 262 g/mol. The summed E-state index contributed by atoms with van der Waals surface area (Å²) < 4.78 is 5.42. The van der Waals surface area contributed by atoms with Crippen LogP contribution in [0.25, 0.3) is 0 Å². The van der Waals surface area contributed by atoms with Gasteiger partial charge in [-0.2, -0.15) is 0 Å². The highest BCUT2D eigenvalue weighted by atomic mass is 16.5. The Kier molecular flexibility index (Phi) is 5.90. The molecule has 0 unspecified atom stereocenters. The number of allylic oxidation sites excluding steroid dienone is 2. The highest BCUT2D eigenvalue weighted by Crippen LogP contribution is 2.25. The standard InChI is InChI=1S/C16H22O3/c1-5-11(2)15-10-19-9-8-14(15)16(18)12(3)6-7-13(4)17/h6H,2,5,7-10H2,1,3-4H3/b12-6+. The number of rotatable bonds is 6. The lowest BCUT2D eigenvalue weighted by molar-refractivity contribution is -0.116. The van der Waals surface area contributed by atoms with Gasteiger partial charge < -0.3 is 4.74 Å². The average molecular weight is 262 g/mol. The fourth-order valence-electron chi connectivity index (χ4n) is 1.99. The summed E-state index contributed by atoms with van der Waals surface area (Å²) >= 11 is 0. The van der Waals surface area contributed by atoms with Gasteiger partial charge in [0.15, 0.2) is 5.78 Å². The van der Waals surface area contributed by atoms with Gasteiger partial charge in [-0.05, 0) is 37.0 Å². The molecule has 0 radical (unpaired) electrons. The van der Waals surface area contributed by atoms with Gasteiger partial charge in [-0.3, -0.25) is 9.59 Å². The lowest BCUT2D eigenvalue weighted by Gasteiger charge is -2.21. The predicted molar refractivity (Wildman–Crippen MR) is 76.0 cm³/mol. The van der Waals surface area contributed by atoms with Gasteiger partial charge >= 0.3 is 0 Å². The first-order valence-corrected chi connectivity index (χ1v) is 6.66. The Morgan fingerprint density at radius 2 is 2.00 bits per heavy atom. The summed E-state index contributed by atoms with van der Waals surface area (Å²) in [5, 5.41) is 0. The number of carbonyl (C=O) groups is 2. The zero-order valence-corrected chi connectivity index (χ0v) is 12.0. The molecule has 3 nitrogen and oxygen atoms in total. The molecule has 0 aromatic rings. The molecule has 1 aliphatic heterocycles. The van der Waals surface area contributed by atoms with Crippen LogP contribution in [0.1, 0.15) is 40.0 Å². The lowest BCUT2D eigenvalue weighted by atomic mass is 9.90. The van der Waals surface area contributed by atoms with Gasteiger partial charge in [-0.25, -0.2) is 0 Å². The van der Waals surface area contributed by atoms with E-state index in [1.54, 1.807) is 13.0 Å². The summed E-state index contributed by atoms with van der Waals surface area (Å²) in [6.45, 7) is 10.3. The number of ketones is 2. The summed E-state index contributed by atoms with van der Waals surface area (Å²) in [7, 11) is 0. The third-order valence-corrected chi connectivity index (χ3v) is 3.29. The van der Waals surface area contributed by atoms with Crippen molar-refractivity contribution >= 4 is 11.6 Å². The molecule has 0 saturated heterocycles. The molecule has 0 bridgehead atoms. The molecular weight excluding hydrogens is 240 g/mol. The molecule has 104 valence electrons. The normalized spacial score (nSPS) is 16.5. The lowest BCUT2D eigenvalue weighted by Crippen LogP contribution is -2.19. The van der Waals surface area contributed by atoms with Crippen LogP contribution in [0.2, 0.25) is 0 Å². The molecule has 0 aliphatic carbocycles. The molecule has 0 atom stereocenters. The molecule has 0 saturated carbocycles. The summed E-state index contributed by atoms with van der Waals surface area (Å²) in [4.78, 5) is 23.4. The molecule has 1 heterocycles. The molecule has 0 spiro atoms. The van der Waals surface area contributed by atoms with Crippen molar-refractivity contribution in [2.45, 2.75) is 40.0 Å². The van der Waals surface area contributed by atoms with E-state index in [0.717, 1.165) is 23.1 Å². The maximum Gasteiger partial charge on any atom is 0.184 e. The van der Waals surface area contributed by atoms with E-state index >= 15 is 0 Å². The smallest absolute Gasteiger partial charge is 0.184 e. The van der Waals surface area contributed by atoms with Crippen molar-refractivity contribution in [1.82, 2.24) is 0 Å². The first kappa shape index (κ1) is 15.6. The van der Waals surface area contributed by atoms with Crippen molar-refractivity contribution in [2.75, 3.05) is 13.2 Å². The van der Waals surface area contributed by atoms with Crippen molar-refractivity contribution in [3.63, 3.8) is 0 Å². The molecule has 0 fully saturated rings. The Hall–Kier alpha value is -1.48. The highest BCUT2D eigenvalue weighted by molar-refractivity contribution is 6.09. The summed E-state index contributed by atoms with van der Waals surface area (Å²) in [6.07, 6.45) is 3.45. The second-order valence-corrected chi connectivity index (χ2v) is 4.84. The molecule has 0 amide bonds. The molecule has 0 N–H and O–H groups in total. The first-order chi connectivity index (χ1) is 8.97. The second-order valence-electron chi connectivity index (χ2n) is 4.84. The van der Waals surface area contributed by atoms with Crippen LogP contribution in [0.5, 0.6) is 0 Å². The molecule has 1 rings (SSSR count). The number of hydrogen-bond acceptors (Lipinski definition) is 3. The quantitative estimate of drug-likeness (QED) is 0.691. The van der Waals surface area contributed by atoms with E-state index in [0.29, 0.717) is 31.6 Å². The van der Waals surface area contributed by atoms with E-state index in [9.17, 15) is 9.59 Å². The largest absolute Gasteiger partial charge is 0.376 e. The maximum absolute atomic E-state index is 12.4. The third kappa shape index (κ3) is 4.28. The van der Waals surface area contributed by atoms with Crippen LogP contribution in [0.3, 0.4) is 0 Å². The maximum atomic E-state index is 12.4. The van der Waals surface area contributed by atoms with E-state index < -0.39 is 0 Å². The van der Waals surface area contributed by atoms with Crippen molar-refractivity contribution in [3.8, 4) is 0 Å². The second kappa shape index (κ2) is 7.19. The van der Waals surface area contributed by atoms with Gasteiger partial charge in [0.05, 0.1) is 13.2 Å². The Balaban J connectivity index is 3.00. The summed E-state index contributed by atoms with van der Waals surface area (Å²) in [5.41, 5.74) is 3.33. The van der Waals surface area contributed by atoms with E-state index in [1.807, 2.05) is 6.92 Å². The van der Waals surface area contributed by atoms with Crippen LogP contribution in [0.15, 0.2) is 34.9 Å². The summed E-state index contributed by atoms with van der Waals surface area (Å²) in [5.74, 6) is 0.0837. The number of ether oxygens (including phenoxy) is 1. The van der Waals surface area contributed by atoms with E-state index in [4.69, 9.17) is 4.74 Å². The fourth-order valence-corrected chi connectivity index (χ4v) is 1.99. The SMILES string of the molecule is C=C(CC)C1=C(C(=O)/C(C)=C/CC(C)=O)CCOC1. The zero-order chi connectivity index (χ0) is 14.4. The van der Waals surface area contributed by atoms with Crippen LogP contribution < -0.4 is 0 Å². The van der Waals surface area contributed by atoms with Crippen LogP contribution in [-0.2, 0) is 14.3 Å². The first-order valence-electron chi connectivity index (χ1n) is 6.66. The third-order valence-electron chi connectivity index (χ3n) is 3.29.